The van der Waals surface area contributed by atoms with Crippen molar-refractivity contribution in [1.29, 1.82) is 0 Å². The van der Waals surface area contributed by atoms with Crippen molar-refractivity contribution in [3.05, 3.63) is 60.2 Å². The van der Waals surface area contributed by atoms with Gasteiger partial charge in [0, 0.05) is 0 Å². The zero-order chi connectivity index (χ0) is 17.6. The second kappa shape index (κ2) is 12.8. The van der Waals surface area contributed by atoms with Crippen LogP contribution in [0.4, 0.5) is 0 Å². The fraction of sp³-hybridized carbons (Fsp3) is 0.520. The van der Waals surface area contributed by atoms with Crippen molar-refractivity contribution in [3.8, 4) is 0 Å². The highest BCUT2D eigenvalue weighted by Crippen LogP contribution is 2.20. The van der Waals surface area contributed by atoms with E-state index in [0.29, 0.717) is 0 Å². The molecule has 0 radical (unpaired) electrons. The first-order chi connectivity index (χ1) is 12.4. The van der Waals surface area contributed by atoms with Crippen LogP contribution in [0.1, 0.15) is 83.1 Å². The Morgan fingerprint density at radius 1 is 0.640 bits per heavy atom. The van der Waals surface area contributed by atoms with E-state index in [1.54, 1.807) is 0 Å². The molecular formula is C25H36. The molecule has 0 bridgehead atoms. The van der Waals surface area contributed by atoms with Gasteiger partial charge in [0.05, 0.1) is 0 Å². The van der Waals surface area contributed by atoms with Crippen molar-refractivity contribution < 1.29 is 0 Å². The van der Waals surface area contributed by atoms with Gasteiger partial charge in [0.1, 0.15) is 0 Å². The predicted octanol–water partition coefficient (Wildman–Crippen LogP) is 8.25. The van der Waals surface area contributed by atoms with Crippen LogP contribution in [0.5, 0.6) is 0 Å². The van der Waals surface area contributed by atoms with Crippen LogP contribution in [0.25, 0.3) is 10.8 Å². The number of rotatable bonds is 13. The van der Waals surface area contributed by atoms with E-state index in [0.717, 1.165) is 0 Å². The average molecular weight is 337 g/mol. The SMILES string of the molecule is CCCCCCCCC/C=C/CCCCc1cccc2ccccc12. The van der Waals surface area contributed by atoms with Crippen molar-refractivity contribution in [3.63, 3.8) is 0 Å². The molecule has 0 nitrogen and oxygen atoms in total. The molecule has 0 unspecified atom stereocenters. The lowest BCUT2D eigenvalue weighted by Crippen LogP contribution is -1.87. The third-order valence-corrected chi connectivity index (χ3v) is 5.09. The minimum atomic E-state index is 1.20. The average Bonchev–Trinajstić information content (AvgIpc) is 2.65. The molecule has 0 atom stereocenters. The smallest absolute Gasteiger partial charge is 0.0152 e. The van der Waals surface area contributed by atoms with E-state index in [1.165, 1.54) is 93.4 Å². The summed E-state index contributed by atoms with van der Waals surface area (Å²) in [6.45, 7) is 2.28. The molecule has 0 heteroatoms. The number of hydrogen-bond donors (Lipinski definition) is 0. The Bertz CT molecular complexity index is 603. The van der Waals surface area contributed by atoms with Gasteiger partial charge in [0.25, 0.3) is 0 Å². The summed E-state index contributed by atoms with van der Waals surface area (Å²) in [5, 5.41) is 2.80. The maximum Gasteiger partial charge on any atom is -0.0152 e. The van der Waals surface area contributed by atoms with Gasteiger partial charge in [-0.15, -0.1) is 0 Å². The normalized spacial score (nSPS) is 11.6. The minimum absolute atomic E-state index is 1.20. The van der Waals surface area contributed by atoms with E-state index in [-0.39, 0.29) is 0 Å². The van der Waals surface area contributed by atoms with Crippen LogP contribution in [-0.2, 0) is 6.42 Å². The molecule has 0 saturated carbocycles. The van der Waals surface area contributed by atoms with Gasteiger partial charge >= 0.3 is 0 Å². The lowest BCUT2D eigenvalue weighted by Gasteiger charge is -2.05. The summed E-state index contributed by atoms with van der Waals surface area (Å²) in [6.07, 6.45) is 21.0. The minimum Gasteiger partial charge on any atom is -0.0885 e. The van der Waals surface area contributed by atoms with Crippen molar-refractivity contribution in [2.24, 2.45) is 0 Å². The lowest BCUT2D eigenvalue weighted by atomic mass is 10.00. The highest BCUT2D eigenvalue weighted by molar-refractivity contribution is 5.85. The molecule has 25 heavy (non-hydrogen) atoms. The zero-order valence-corrected chi connectivity index (χ0v) is 16.2. The van der Waals surface area contributed by atoms with Crippen LogP contribution in [0, 0.1) is 0 Å². The molecule has 2 aromatic rings. The number of aryl methyl sites for hydroxylation is 1. The number of unbranched alkanes of at least 4 members (excludes halogenated alkanes) is 9. The molecule has 2 rings (SSSR count). The van der Waals surface area contributed by atoms with Gasteiger partial charge < -0.3 is 0 Å². The third-order valence-electron chi connectivity index (χ3n) is 5.09. The van der Waals surface area contributed by atoms with Crippen molar-refractivity contribution in [1.82, 2.24) is 0 Å². The maximum absolute atomic E-state index is 2.41. The summed E-state index contributed by atoms with van der Waals surface area (Å²) in [5.41, 5.74) is 1.50. The molecule has 136 valence electrons. The van der Waals surface area contributed by atoms with E-state index in [2.05, 4.69) is 61.5 Å². The van der Waals surface area contributed by atoms with Crippen LogP contribution in [-0.4, -0.2) is 0 Å². The number of allylic oxidation sites excluding steroid dienone is 2. The number of hydrogen-bond acceptors (Lipinski definition) is 0. The molecule has 0 spiro atoms. The highest BCUT2D eigenvalue weighted by Gasteiger charge is 1.99. The second-order valence-corrected chi connectivity index (χ2v) is 7.27. The topological polar surface area (TPSA) is 0 Å². The number of benzene rings is 2. The standard InChI is InChI=1S/C25H36/c1-2-3-4-5-6-7-8-9-10-11-12-13-14-18-23-20-17-21-24-19-15-16-22-25(23)24/h10-11,15-17,19-22H,2-9,12-14,18H2,1H3/b11-10+. The first-order valence-electron chi connectivity index (χ1n) is 10.5. The van der Waals surface area contributed by atoms with Gasteiger partial charge in [-0.05, 0) is 54.9 Å². The van der Waals surface area contributed by atoms with E-state index >= 15 is 0 Å². The van der Waals surface area contributed by atoms with Crippen LogP contribution in [0.2, 0.25) is 0 Å². The van der Waals surface area contributed by atoms with Gasteiger partial charge in [-0.3, -0.25) is 0 Å². The summed E-state index contributed by atoms with van der Waals surface area (Å²) in [7, 11) is 0. The molecule has 0 N–H and O–H groups in total. The Kier molecular flexibility index (Phi) is 10.1. The second-order valence-electron chi connectivity index (χ2n) is 7.27. The van der Waals surface area contributed by atoms with Crippen molar-refractivity contribution in [2.45, 2.75) is 84.0 Å². The summed E-state index contributed by atoms with van der Waals surface area (Å²) < 4.78 is 0. The monoisotopic (exact) mass is 336 g/mol. The van der Waals surface area contributed by atoms with Gasteiger partial charge in [-0.2, -0.15) is 0 Å². The van der Waals surface area contributed by atoms with Crippen molar-refractivity contribution in [2.75, 3.05) is 0 Å². The lowest BCUT2D eigenvalue weighted by molar-refractivity contribution is 0.592. The Labute approximate surface area is 155 Å². The fourth-order valence-electron chi connectivity index (χ4n) is 3.54. The maximum atomic E-state index is 2.41. The van der Waals surface area contributed by atoms with Gasteiger partial charge in [-0.25, -0.2) is 0 Å². The molecule has 0 heterocycles. The van der Waals surface area contributed by atoms with Crippen LogP contribution < -0.4 is 0 Å². The van der Waals surface area contributed by atoms with Gasteiger partial charge in [0.15, 0.2) is 0 Å². The fourth-order valence-corrected chi connectivity index (χ4v) is 3.54. The Morgan fingerprint density at radius 3 is 2.08 bits per heavy atom. The first kappa shape index (κ1) is 19.8. The van der Waals surface area contributed by atoms with Crippen LogP contribution >= 0.6 is 0 Å². The summed E-state index contributed by atoms with van der Waals surface area (Å²) in [6, 6.07) is 15.4. The summed E-state index contributed by atoms with van der Waals surface area (Å²) in [5.74, 6) is 0. The van der Waals surface area contributed by atoms with Crippen molar-refractivity contribution >= 4 is 10.8 Å². The number of fused-ring (bicyclic) bond motifs is 1. The Balaban J connectivity index is 1.52. The van der Waals surface area contributed by atoms with Crippen LogP contribution in [0.15, 0.2) is 54.6 Å². The molecule has 0 aliphatic rings. The van der Waals surface area contributed by atoms with Gasteiger partial charge in [-0.1, -0.05) is 100 Å². The summed E-state index contributed by atoms with van der Waals surface area (Å²) >= 11 is 0. The van der Waals surface area contributed by atoms with E-state index in [1.807, 2.05) is 0 Å². The Morgan fingerprint density at radius 2 is 1.28 bits per heavy atom. The van der Waals surface area contributed by atoms with Gasteiger partial charge in [0.2, 0.25) is 0 Å². The predicted molar refractivity (Wildman–Crippen MR) is 113 cm³/mol. The third kappa shape index (κ3) is 7.90. The summed E-state index contributed by atoms with van der Waals surface area (Å²) in [4.78, 5) is 0. The molecule has 2 aromatic carbocycles. The highest BCUT2D eigenvalue weighted by atomic mass is 14.0. The molecule has 0 aliphatic carbocycles. The van der Waals surface area contributed by atoms with E-state index < -0.39 is 0 Å². The molecule has 0 fully saturated rings. The van der Waals surface area contributed by atoms with E-state index in [9.17, 15) is 0 Å². The first-order valence-corrected chi connectivity index (χ1v) is 10.5. The van der Waals surface area contributed by atoms with E-state index in [4.69, 9.17) is 0 Å². The molecule has 0 aliphatic heterocycles. The molecule has 0 amide bonds. The molecule has 0 aromatic heterocycles. The van der Waals surface area contributed by atoms with Crippen LogP contribution in [0.3, 0.4) is 0 Å². The quantitative estimate of drug-likeness (QED) is 0.255. The largest absolute Gasteiger partial charge is 0.0885 e. The Hall–Kier alpha value is -1.56. The molecule has 0 saturated heterocycles. The zero-order valence-electron chi connectivity index (χ0n) is 16.2. The molecular weight excluding hydrogens is 300 g/mol.